The van der Waals surface area contributed by atoms with Crippen LogP contribution in [0.5, 0.6) is 0 Å². The van der Waals surface area contributed by atoms with Crippen molar-refractivity contribution in [2.75, 3.05) is 6.54 Å². The van der Waals surface area contributed by atoms with E-state index in [1.165, 1.54) is 31.5 Å². The quantitative estimate of drug-likeness (QED) is 0.717. The van der Waals surface area contributed by atoms with Crippen LogP contribution in [0.4, 0.5) is 4.39 Å². The van der Waals surface area contributed by atoms with Gasteiger partial charge in [0.15, 0.2) is 0 Å². The van der Waals surface area contributed by atoms with Crippen LogP contribution in [0.2, 0.25) is 0 Å². The van der Waals surface area contributed by atoms with Crippen LogP contribution in [-0.4, -0.2) is 11.5 Å². The van der Waals surface area contributed by atoms with E-state index in [1.807, 2.05) is 0 Å². The second-order valence-electron chi connectivity index (χ2n) is 4.01. The molecule has 1 unspecified atom stereocenters. The largest absolute Gasteiger partial charge is 0.309 e. The summed E-state index contributed by atoms with van der Waals surface area (Å²) in [5.74, 6) is -0.271. The maximum atomic E-state index is 12.8. The highest BCUT2D eigenvalue weighted by Crippen LogP contribution is 2.17. The molecule has 1 rings (SSSR count). The number of hydrogen-bond acceptors (Lipinski definition) is 2. The molecule has 16 heavy (non-hydrogen) atoms. The van der Waals surface area contributed by atoms with E-state index in [-0.39, 0.29) is 11.9 Å². The van der Waals surface area contributed by atoms with E-state index >= 15 is 0 Å². The summed E-state index contributed by atoms with van der Waals surface area (Å²) < 4.78 is 12.8. The molecule has 2 nitrogen and oxygen atoms in total. The Morgan fingerprint density at radius 3 is 2.69 bits per heavy atom. The molecule has 0 bridgehead atoms. The number of pyridine rings is 1. The molecule has 0 aliphatic heterocycles. The Hall–Kier alpha value is -0.960. The van der Waals surface area contributed by atoms with E-state index < -0.39 is 0 Å². The number of halogens is 1. The molecule has 0 aromatic carbocycles. The topological polar surface area (TPSA) is 24.9 Å². The Bertz CT molecular complexity index is 284. The zero-order valence-corrected chi connectivity index (χ0v) is 10.2. The zero-order chi connectivity index (χ0) is 11.8. The number of rotatable bonds is 7. The van der Waals surface area contributed by atoms with Gasteiger partial charge in [0.25, 0.3) is 0 Å². The molecule has 0 radical (unpaired) electrons. The predicted molar refractivity (Wildman–Crippen MR) is 64.8 cm³/mol. The first-order valence-electron chi connectivity index (χ1n) is 6.12. The summed E-state index contributed by atoms with van der Waals surface area (Å²) in [6, 6.07) is 3.51. The van der Waals surface area contributed by atoms with Gasteiger partial charge in [0.1, 0.15) is 5.82 Å². The van der Waals surface area contributed by atoms with Gasteiger partial charge in [-0.2, -0.15) is 0 Å². The van der Waals surface area contributed by atoms with Crippen molar-refractivity contribution in [3.8, 4) is 0 Å². The van der Waals surface area contributed by atoms with Crippen molar-refractivity contribution in [3.05, 3.63) is 29.8 Å². The Morgan fingerprint density at radius 2 is 2.12 bits per heavy atom. The molecule has 0 spiro atoms. The van der Waals surface area contributed by atoms with Gasteiger partial charge in [0.2, 0.25) is 0 Å². The van der Waals surface area contributed by atoms with E-state index in [2.05, 4.69) is 24.1 Å². The maximum absolute atomic E-state index is 12.8. The van der Waals surface area contributed by atoms with Crippen molar-refractivity contribution in [2.24, 2.45) is 0 Å². The summed E-state index contributed by atoms with van der Waals surface area (Å²) >= 11 is 0. The summed E-state index contributed by atoms with van der Waals surface area (Å²) in [5.41, 5.74) is 0.944. The smallest absolute Gasteiger partial charge is 0.141 e. The maximum Gasteiger partial charge on any atom is 0.141 e. The van der Waals surface area contributed by atoms with Gasteiger partial charge in [0.05, 0.1) is 11.9 Å². The molecule has 0 aliphatic rings. The highest BCUT2D eigenvalue weighted by Gasteiger charge is 2.10. The SMILES string of the molecule is CCCCCC(NCC)c1ccc(F)cn1. The minimum absolute atomic E-state index is 0.261. The summed E-state index contributed by atoms with van der Waals surface area (Å²) in [4.78, 5) is 4.14. The van der Waals surface area contributed by atoms with Gasteiger partial charge in [0, 0.05) is 6.04 Å². The monoisotopic (exact) mass is 224 g/mol. The summed E-state index contributed by atoms with van der Waals surface area (Å²) in [7, 11) is 0. The van der Waals surface area contributed by atoms with Crippen LogP contribution in [0.1, 0.15) is 51.3 Å². The fourth-order valence-corrected chi connectivity index (χ4v) is 1.79. The lowest BCUT2D eigenvalue weighted by atomic mass is 10.0. The molecule has 3 heteroatoms. The van der Waals surface area contributed by atoms with Crippen LogP contribution < -0.4 is 5.32 Å². The number of unbranched alkanes of at least 4 members (excludes halogenated alkanes) is 2. The lowest BCUT2D eigenvalue weighted by molar-refractivity contribution is 0.475. The minimum Gasteiger partial charge on any atom is -0.309 e. The van der Waals surface area contributed by atoms with Gasteiger partial charge in [-0.1, -0.05) is 33.1 Å². The summed E-state index contributed by atoms with van der Waals surface area (Å²) in [6.07, 6.45) is 6.01. The van der Waals surface area contributed by atoms with Crippen LogP contribution in [0.25, 0.3) is 0 Å². The molecule has 0 fully saturated rings. The van der Waals surface area contributed by atoms with E-state index in [4.69, 9.17) is 0 Å². The van der Waals surface area contributed by atoms with Crippen molar-refractivity contribution in [3.63, 3.8) is 0 Å². The summed E-state index contributed by atoms with van der Waals surface area (Å²) in [5, 5.41) is 3.39. The van der Waals surface area contributed by atoms with Gasteiger partial charge in [-0.05, 0) is 25.1 Å². The zero-order valence-electron chi connectivity index (χ0n) is 10.2. The van der Waals surface area contributed by atoms with Crippen LogP contribution in [0, 0.1) is 5.82 Å². The average Bonchev–Trinajstić information content (AvgIpc) is 2.29. The molecule has 1 aromatic heterocycles. The van der Waals surface area contributed by atoms with Gasteiger partial charge in [-0.15, -0.1) is 0 Å². The fraction of sp³-hybridized carbons (Fsp3) is 0.615. The van der Waals surface area contributed by atoms with Crippen molar-refractivity contribution >= 4 is 0 Å². The third-order valence-corrected chi connectivity index (χ3v) is 2.65. The van der Waals surface area contributed by atoms with Gasteiger partial charge in [-0.25, -0.2) is 4.39 Å². The van der Waals surface area contributed by atoms with Crippen LogP contribution in [0.3, 0.4) is 0 Å². The first-order valence-corrected chi connectivity index (χ1v) is 6.12. The van der Waals surface area contributed by atoms with E-state index in [0.29, 0.717) is 0 Å². The van der Waals surface area contributed by atoms with E-state index in [1.54, 1.807) is 6.07 Å². The van der Waals surface area contributed by atoms with E-state index in [9.17, 15) is 4.39 Å². The highest BCUT2D eigenvalue weighted by molar-refractivity contribution is 5.09. The fourth-order valence-electron chi connectivity index (χ4n) is 1.79. The van der Waals surface area contributed by atoms with Crippen LogP contribution in [0.15, 0.2) is 18.3 Å². The number of nitrogens with zero attached hydrogens (tertiary/aromatic N) is 1. The second kappa shape index (κ2) is 7.34. The van der Waals surface area contributed by atoms with Crippen molar-refractivity contribution < 1.29 is 4.39 Å². The van der Waals surface area contributed by atoms with Gasteiger partial charge < -0.3 is 5.32 Å². The Labute approximate surface area is 97.3 Å². The number of hydrogen-bond donors (Lipinski definition) is 1. The molecule has 1 aromatic rings. The van der Waals surface area contributed by atoms with Crippen LogP contribution >= 0.6 is 0 Å². The third-order valence-electron chi connectivity index (χ3n) is 2.65. The second-order valence-corrected chi connectivity index (χ2v) is 4.01. The first-order chi connectivity index (χ1) is 7.77. The molecule has 1 N–H and O–H groups in total. The van der Waals surface area contributed by atoms with Crippen LogP contribution in [-0.2, 0) is 0 Å². The number of aromatic nitrogens is 1. The first kappa shape index (κ1) is 13.1. The molecule has 0 amide bonds. The molecule has 0 saturated carbocycles. The third kappa shape index (κ3) is 4.27. The lowest BCUT2D eigenvalue weighted by Crippen LogP contribution is -2.21. The van der Waals surface area contributed by atoms with Crippen molar-refractivity contribution in [2.45, 2.75) is 45.6 Å². The lowest BCUT2D eigenvalue weighted by Gasteiger charge is -2.17. The highest BCUT2D eigenvalue weighted by atomic mass is 19.1. The molecule has 1 atom stereocenters. The van der Waals surface area contributed by atoms with Crippen molar-refractivity contribution in [1.82, 2.24) is 10.3 Å². The number of nitrogens with one attached hydrogen (secondary N) is 1. The molecular weight excluding hydrogens is 203 g/mol. The predicted octanol–water partition coefficient (Wildman–Crippen LogP) is 3.45. The normalized spacial score (nSPS) is 12.7. The Balaban J connectivity index is 2.57. The Morgan fingerprint density at radius 1 is 1.31 bits per heavy atom. The van der Waals surface area contributed by atoms with Gasteiger partial charge >= 0.3 is 0 Å². The average molecular weight is 224 g/mol. The minimum atomic E-state index is -0.271. The van der Waals surface area contributed by atoms with Gasteiger partial charge in [-0.3, -0.25) is 4.98 Å². The Kier molecular flexibility index (Phi) is 6.01. The molecule has 90 valence electrons. The van der Waals surface area contributed by atoms with Crippen molar-refractivity contribution in [1.29, 1.82) is 0 Å². The molecule has 1 heterocycles. The molecular formula is C13H21FN2. The summed E-state index contributed by atoms with van der Waals surface area (Å²) in [6.45, 7) is 5.19. The standard InChI is InChI=1S/C13H21FN2/c1-3-5-6-7-12(15-4-2)13-9-8-11(14)10-16-13/h8-10,12,15H,3-7H2,1-2H3. The molecule has 0 saturated heterocycles. The molecule has 0 aliphatic carbocycles. The van der Waals surface area contributed by atoms with E-state index in [0.717, 1.165) is 18.7 Å².